The second-order valence-corrected chi connectivity index (χ2v) is 14.2. The van der Waals surface area contributed by atoms with Crippen molar-refractivity contribution in [2.24, 2.45) is 5.92 Å². The number of carbonyl (C=O) groups is 1. The highest BCUT2D eigenvalue weighted by atomic mass is 32.2. The second kappa shape index (κ2) is 17.0. The molecule has 0 spiro atoms. The van der Waals surface area contributed by atoms with Crippen molar-refractivity contribution in [3.05, 3.63) is 83.9 Å². The highest BCUT2D eigenvalue weighted by Gasteiger charge is 2.30. The van der Waals surface area contributed by atoms with Gasteiger partial charge >= 0.3 is 0 Å². The minimum atomic E-state index is -3.89. The number of rotatable bonds is 10. The molecule has 0 radical (unpaired) electrons. The average Bonchev–Trinajstić information content (AvgIpc) is 3.06. The summed E-state index contributed by atoms with van der Waals surface area (Å²) >= 11 is 0. The van der Waals surface area contributed by atoms with Crippen LogP contribution in [0.3, 0.4) is 0 Å². The summed E-state index contributed by atoms with van der Waals surface area (Å²) in [5, 5.41) is 10.2. The lowest BCUT2D eigenvalue weighted by atomic mass is 10.0. The van der Waals surface area contributed by atoms with E-state index >= 15 is 0 Å². The molecule has 0 unspecified atom stereocenters. The number of anilines is 1. The fourth-order valence-corrected chi connectivity index (χ4v) is 6.75. The van der Waals surface area contributed by atoms with Gasteiger partial charge in [0.15, 0.2) is 0 Å². The number of hydrogen-bond donors (Lipinski definition) is 2. The molecule has 0 aliphatic carbocycles. The number of methoxy groups -OCH3 is 1. The van der Waals surface area contributed by atoms with Gasteiger partial charge in [-0.3, -0.25) is 14.4 Å². The number of carbonyl (C=O) groups excluding carboxylic acids is 1. The SMILES string of the molecule is COc1ccc(CN(C)C[C@H]2OCCCC[C@@H](C)Oc3ccc(NS(=O)(=O)c4ccccc4)cc3C(=O)N([C@H](C)CO)C[C@H]2C)cc1. The third-order valence-corrected chi connectivity index (χ3v) is 9.86. The van der Waals surface area contributed by atoms with Crippen molar-refractivity contribution in [1.29, 1.82) is 0 Å². The first-order valence-corrected chi connectivity index (χ1v) is 17.7. The van der Waals surface area contributed by atoms with E-state index in [0.29, 0.717) is 25.4 Å². The molecule has 1 amide bonds. The van der Waals surface area contributed by atoms with Crippen LogP contribution in [0.2, 0.25) is 0 Å². The quantitative estimate of drug-likeness (QED) is 0.294. The van der Waals surface area contributed by atoms with E-state index < -0.39 is 16.1 Å². The topological polar surface area (TPSA) is 118 Å². The van der Waals surface area contributed by atoms with Crippen molar-refractivity contribution in [2.45, 2.75) is 69.7 Å². The largest absolute Gasteiger partial charge is 0.497 e. The fourth-order valence-electron chi connectivity index (χ4n) is 5.68. The highest BCUT2D eigenvalue weighted by molar-refractivity contribution is 7.92. The molecule has 0 bridgehead atoms. The predicted molar refractivity (Wildman–Crippen MR) is 183 cm³/mol. The zero-order valence-electron chi connectivity index (χ0n) is 28.1. The number of aliphatic hydroxyl groups excluding tert-OH is 1. The van der Waals surface area contributed by atoms with E-state index in [0.717, 1.165) is 37.1 Å². The van der Waals surface area contributed by atoms with Crippen molar-refractivity contribution < 1.29 is 32.5 Å². The van der Waals surface area contributed by atoms with Crippen molar-refractivity contribution in [1.82, 2.24) is 9.80 Å². The van der Waals surface area contributed by atoms with Crippen LogP contribution in [0.25, 0.3) is 0 Å². The van der Waals surface area contributed by atoms with Crippen LogP contribution in [0, 0.1) is 5.92 Å². The third kappa shape index (κ3) is 10.2. The summed E-state index contributed by atoms with van der Waals surface area (Å²) in [4.78, 5) is 18.3. The molecule has 256 valence electrons. The molecule has 2 N–H and O–H groups in total. The number of likely N-dealkylation sites (N-methyl/N-ethyl adjacent to an activating group) is 1. The zero-order valence-corrected chi connectivity index (χ0v) is 28.9. The molecule has 47 heavy (non-hydrogen) atoms. The summed E-state index contributed by atoms with van der Waals surface area (Å²) in [5.74, 6) is 0.738. The van der Waals surface area contributed by atoms with Crippen LogP contribution >= 0.6 is 0 Å². The average molecular weight is 668 g/mol. The van der Waals surface area contributed by atoms with E-state index in [9.17, 15) is 18.3 Å². The molecule has 0 saturated carbocycles. The van der Waals surface area contributed by atoms with E-state index in [4.69, 9.17) is 14.2 Å². The van der Waals surface area contributed by atoms with E-state index in [2.05, 4.69) is 23.6 Å². The predicted octanol–water partition coefficient (Wildman–Crippen LogP) is 5.42. The second-order valence-electron chi connectivity index (χ2n) is 12.5. The van der Waals surface area contributed by atoms with Crippen molar-refractivity contribution in [3.8, 4) is 11.5 Å². The number of nitrogens with zero attached hydrogens (tertiary/aromatic N) is 2. The minimum Gasteiger partial charge on any atom is -0.497 e. The van der Waals surface area contributed by atoms with E-state index in [1.165, 1.54) is 18.2 Å². The van der Waals surface area contributed by atoms with Gasteiger partial charge in [0.05, 0.1) is 42.4 Å². The molecular weight excluding hydrogens is 618 g/mol. The Morgan fingerprint density at radius 2 is 1.79 bits per heavy atom. The molecule has 3 aromatic rings. The molecule has 4 atom stereocenters. The Balaban J connectivity index is 1.62. The molecule has 1 heterocycles. The molecule has 0 fully saturated rings. The van der Waals surface area contributed by atoms with Crippen molar-refractivity contribution in [3.63, 3.8) is 0 Å². The number of nitrogens with one attached hydrogen (secondary N) is 1. The maximum atomic E-state index is 14.4. The Kier molecular flexibility index (Phi) is 13.1. The number of ether oxygens (including phenoxy) is 3. The number of benzene rings is 3. The van der Waals surface area contributed by atoms with Crippen LogP contribution in [0.5, 0.6) is 11.5 Å². The van der Waals surface area contributed by atoms with Crippen molar-refractivity contribution in [2.75, 3.05) is 45.2 Å². The van der Waals surface area contributed by atoms with Crippen molar-refractivity contribution >= 4 is 21.6 Å². The van der Waals surface area contributed by atoms with Crippen LogP contribution in [-0.4, -0.2) is 87.9 Å². The van der Waals surface area contributed by atoms with Gasteiger partial charge in [0.1, 0.15) is 11.5 Å². The molecule has 11 heteroatoms. The van der Waals surface area contributed by atoms with Gasteiger partial charge in [0.2, 0.25) is 0 Å². The Morgan fingerprint density at radius 1 is 1.06 bits per heavy atom. The lowest BCUT2D eigenvalue weighted by Crippen LogP contribution is -2.47. The summed E-state index contributed by atoms with van der Waals surface area (Å²) in [6.07, 6.45) is 2.14. The summed E-state index contributed by atoms with van der Waals surface area (Å²) in [6.45, 7) is 7.84. The molecule has 1 aliphatic heterocycles. The number of hydrogen-bond acceptors (Lipinski definition) is 8. The smallest absolute Gasteiger partial charge is 0.261 e. The molecule has 0 saturated heterocycles. The standard InChI is InChI=1S/C36H49N3O7S/c1-26-22-39(27(2)25-40)36(41)33-21-30(37-47(42,43)32-12-7-6-8-13-32)16-19-34(33)46-28(3)11-9-10-20-45-35(26)24-38(4)23-29-14-17-31(44-5)18-15-29/h6-8,12-19,21,26-28,35,37,40H,9-11,20,22-25H2,1-5H3/t26-,27-,28-,35-/m1/s1. The van der Waals surface area contributed by atoms with Gasteiger partial charge in [-0.05, 0) is 88.2 Å². The van der Waals surface area contributed by atoms with Crippen LogP contribution in [0.4, 0.5) is 5.69 Å². The first kappa shape index (κ1) is 36.2. The first-order chi connectivity index (χ1) is 22.5. The Morgan fingerprint density at radius 3 is 2.47 bits per heavy atom. The first-order valence-electron chi connectivity index (χ1n) is 16.2. The number of aliphatic hydroxyl groups is 1. The number of amides is 1. The maximum absolute atomic E-state index is 14.4. The van der Waals surface area contributed by atoms with Crippen LogP contribution in [0.15, 0.2) is 77.7 Å². The third-order valence-electron chi connectivity index (χ3n) is 8.46. The van der Waals surface area contributed by atoms with Gasteiger partial charge < -0.3 is 24.2 Å². The van der Waals surface area contributed by atoms with E-state index in [1.807, 2.05) is 31.2 Å². The Bertz CT molecular complexity index is 1540. The molecule has 4 rings (SSSR count). The molecule has 10 nitrogen and oxygen atoms in total. The van der Waals surface area contributed by atoms with Gasteiger partial charge in [0, 0.05) is 37.8 Å². The van der Waals surface area contributed by atoms with E-state index in [-0.39, 0.29) is 46.8 Å². The Hall–Kier alpha value is -3.64. The summed E-state index contributed by atoms with van der Waals surface area (Å²) in [6, 6.07) is 20.3. The van der Waals surface area contributed by atoms with Crippen LogP contribution in [-0.2, 0) is 21.3 Å². The molecular formula is C36H49N3O7S. The molecule has 0 aromatic heterocycles. The van der Waals surface area contributed by atoms with Gasteiger partial charge in [-0.1, -0.05) is 37.3 Å². The normalized spacial score (nSPS) is 20.5. The number of fused-ring (bicyclic) bond motifs is 1. The van der Waals surface area contributed by atoms with Crippen LogP contribution in [0.1, 0.15) is 56.0 Å². The van der Waals surface area contributed by atoms with Crippen LogP contribution < -0.4 is 14.2 Å². The minimum absolute atomic E-state index is 0.0859. The lowest BCUT2D eigenvalue weighted by molar-refractivity contribution is -0.0177. The fraction of sp³-hybridized carbons (Fsp3) is 0.472. The summed E-state index contributed by atoms with van der Waals surface area (Å²) < 4.78 is 46.9. The number of sulfonamides is 1. The summed E-state index contributed by atoms with van der Waals surface area (Å²) in [5.41, 5.74) is 1.62. The van der Waals surface area contributed by atoms with Gasteiger partial charge in [-0.2, -0.15) is 0 Å². The van der Waals surface area contributed by atoms with Gasteiger partial charge in [0.25, 0.3) is 15.9 Å². The summed E-state index contributed by atoms with van der Waals surface area (Å²) in [7, 11) is -0.185. The lowest BCUT2D eigenvalue weighted by Gasteiger charge is -2.36. The molecule has 1 aliphatic rings. The monoisotopic (exact) mass is 667 g/mol. The zero-order chi connectivity index (χ0) is 34.0. The van der Waals surface area contributed by atoms with E-state index in [1.54, 1.807) is 49.3 Å². The molecule has 3 aromatic carbocycles. The highest BCUT2D eigenvalue weighted by Crippen LogP contribution is 2.29. The maximum Gasteiger partial charge on any atom is 0.261 e. The van der Waals surface area contributed by atoms with Gasteiger partial charge in [-0.15, -0.1) is 0 Å². The Labute approximate surface area is 279 Å². The van der Waals surface area contributed by atoms with Gasteiger partial charge in [-0.25, -0.2) is 8.42 Å².